The summed E-state index contributed by atoms with van der Waals surface area (Å²) in [4.78, 5) is 11.7. The summed E-state index contributed by atoms with van der Waals surface area (Å²) in [6.07, 6.45) is 4.56. The normalized spacial score (nSPS) is 17.3. The molecule has 2 heterocycles. The van der Waals surface area contributed by atoms with Crippen LogP contribution in [0.25, 0.3) is 16.5 Å². The first kappa shape index (κ1) is 18.7. The van der Waals surface area contributed by atoms with Crippen LogP contribution in [0.5, 0.6) is 0 Å². The first-order valence-corrected chi connectivity index (χ1v) is 10.2. The van der Waals surface area contributed by atoms with Gasteiger partial charge in [0.1, 0.15) is 6.04 Å². The summed E-state index contributed by atoms with van der Waals surface area (Å²) in [6.45, 7) is 8.48. The van der Waals surface area contributed by atoms with Gasteiger partial charge in [0, 0.05) is 35.8 Å². The molecule has 0 radical (unpaired) electrons. The van der Waals surface area contributed by atoms with E-state index in [1.165, 1.54) is 4.31 Å². The van der Waals surface area contributed by atoms with E-state index in [0.29, 0.717) is 24.0 Å². The van der Waals surface area contributed by atoms with E-state index in [1.807, 2.05) is 6.92 Å². The minimum Gasteiger partial charge on any atom is -0.480 e. The summed E-state index contributed by atoms with van der Waals surface area (Å²) in [5.41, 5.74) is 2.22. The number of carboxylic acid groups (broad SMARTS) is 1. The van der Waals surface area contributed by atoms with Crippen LogP contribution in [0, 0.1) is 0 Å². The van der Waals surface area contributed by atoms with E-state index in [9.17, 15) is 18.3 Å². The van der Waals surface area contributed by atoms with Crippen molar-refractivity contribution in [2.24, 2.45) is 0 Å². The number of sulfonamides is 1. The summed E-state index contributed by atoms with van der Waals surface area (Å²) in [7, 11) is -3.55. The molecule has 0 amide bonds. The Kier molecular flexibility index (Phi) is 4.94. The number of hydrogen-bond acceptors (Lipinski definition) is 3. The lowest BCUT2D eigenvalue weighted by Gasteiger charge is -2.26. The van der Waals surface area contributed by atoms with Gasteiger partial charge in [-0.05, 0) is 50.5 Å². The van der Waals surface area contributed by atoms with Crippen LogP contribution in [0.15, 0.2) is 35.9 Å². The fourth-order valence-corrected chi connectivity index (χ4v) is 4.97. The second-order valence-corrected chi connectivity index (χ2v) is 8.83. The summed E-state index contributed by atoms with van der Waals surface area (Å²) in [5, 5.41) is 10.1. The average molecular weight is 376 g/mol. The van der Waals surface area contributed by atoms with Gasteiger partial charge in [0.2, 0.25) is 10.0 Å². The van der Waals surface area contributed by atoms with Crippen molar-refractivity contribution in [2.45, 2.75) is 44.0 Å². The molecule has 1 aliphatic heterocycles. The number of allylic oxidation sites excluding steroid dienone is 1. The molecule has 2 aromatic rings. The van der Waals surface area contributed by atoms with Gasteiger partial charge in [0.05, 0.1) is 4.90 Å². The van der Waals surface area contributed by atoms with E-state index in [4.69, 9.17) is 0 Å². The molecule has 1 unspecified atom stereocenters. The Bertz CT molecular complexity index is 969. The minimum absolute atomic E-state index is 0.245. The fraction of sp³-hybridized carbons (Fsp3) is 0.421. The Morgan fingerprint density at radius 3 is 2.46 bits per heavy atom. The monoisotopic (exact) mass is 376 g/mol. The molecule has 0 saturated carbocycles. The van der Waals surface area contributed by atoms with Crippen molar-refractivity contribution in [1.82, 2.24) is 8.87 Å². The number of piperidine rings is 1. The van der Waals surface area contributed by atoms with Crippen LogP contribution >= 0.6 is 0 Å². The first-order chi connectivity index (χ1) is 12.2. The second-order valence-electron chi connectivity index (χ2n) is 6.89. The molecule has 1 fully saturated rings. The standard InChI is InChI=1S/C19H24N2O4S/c1-13(2)17-12-21(14(3)19(22)23)18-8-7-15(11-16(17)18)26(24,25)20-9-5-4-6-10-20/h7-8,11-12,14H,1,4-6,9-10H2,2-3H3,(H,22,23). The van der Waals surface area contributed by atoms with Crippen molar-refractivity contribution >= 4 is 32.5 Å². The van der Waals surface area contributed by atoms with Gasteiger partial charge in [-0.25, -0.2) is 13.2 Å². The number of fused-ring (bicyclic) bond motifs is 1. The van der Waals surface area contributed by atoms with E-state index in [1.54, 1.807) is 35.9 Å². The molecule has 140 valence electrons. The van der Waals surface area contributed by atoms with Crippen LogP contribution < -0.4 is 0 Å². The maximum Gasteiger partial charge on any atom is 0.326 e. The van der Waals surface area contributed by atoms with Gasteiger partial charge in [0.25, 0.3) is 0 Å². The molecule has 3 rings (SSSR count). The van der Waals surface area contributed by atoms with Crippen molar-refractivity contribution in [3.05, 3.63) is 36.5 Å². The molecule has 0 spiro atoms. The number of carboxylic acids is 1. The molecular weight excluding hydrogens is 352 g/mol. The molecule has 6 nitrogen and oxygen atoms in total. The predicted molar refractivity (Wildman–Crippen MR) is 102 cm³/mol. The van der Waals surface area contributed by atoms with Crippen molar-refractivity contribution in [1.29, 1.82) is 0 Å². The number of rotatable bonds is 5. The van der Waals surface area contributed by atoms with E-state index < -0.39 is 22.0 Å². The maximum atomic E-state index is 13.0. The number of benzene rings is 1. The van der Waals surface area contributed by atoms with Gasteiger partial charge in [-0.15, -0.1) is 0 Å². The second kappa shape index (κ2) is 6.89. The Morgan fingerprint density at radius 2 is 1.88 bits per heavy atom. The molecule has 26 heavy (non-hydrogen) atoms. The molecule has 7 heteroatoms. The van der Waals surface area contributed by atoms with Crippen molar-refractivity contribution in [2.75, 3.05) is 13.1 Å². The zero-order valence-corrected chi connectivity index (χ0v) is 15.9. The van der Waals surface area contributed by atoms with Crippen LogP contribution in [0.2, 0.25) is 0 Å². The quantitative estimate of drug-likeness (QED) is 0.866. The number of carbonyl (C=O) groups is 1. The summed E-state index contributed by atoms with van der Waals surface area (Å²) in [5.74, 6) is -0.944. The van der Waals surface area contributed by atoms with E-state index in [0.717, 1.165) is 30.4 Å². The van der Waals surface area contributed by atoms with Crippen molar-refractivity contribution in [3.63, 3.8) is 0 Å². The van der Waals surface area contributed by atoms with Crippen LogP contribution in [-0.2, 0) is 14.8 Å². The lowest BCUT2D eigenvalue weighted by atomic mass is 10.1. The van der Waals surface area contributed by atoms with E-state index >= 15 is 0 Å². The minimum atomic E-state index is -3.55. The highest BCUT2D eigenvalue weighted by Crippen LogP contribution is 2.32. The molecule has 1 aliphatic rings. The highest BCUT2D eigenvalue weighted by atomic mass is 32.2. The summed E-state index contributed by atoms with van der Waals surface area (Å²) >= 11 is 0. The van der Waals surface area contributed by atoms with Gasteiger partial charge in [0.15, 0.2) is 0 Å². The zero-order valence-electron chi connectivity index (χ0n) is 15.1. The Morgan fingerprint density at radius 1 is 1.23 bits per heavy atom. The van der Waals surface area contributed by atoms with Gasteiger partial charge >= 0.3 is 5.97 Å². The van der Waals surface area contributed by atoms with Gasteiger partial charge in [-0.3, -0.25) is 0 Å². The summed E-state index contributed by atoms with van der Waals surface area (Å²) in [6, 6.07) is 4.15. The molecule has 0 bridgehead atoms. The molecule has 1 atom stereocenters. The topological polar surface area (TPSA) is 79.6 Å². The molecule has 1 aromatic carbocycles. The third-order valence-corrected chi connectivity index (χ3v) is 6.89. The maximum absolute atomic E-state index is 13.0. The van der Waals surface area contributed by atoms with Crippen LogP contribution in [0.1, 0.15) is 44.7 Å². The van der Waals surface area contributed by atoms with Gasteiger partial charge in [-0.2, -0.15) is 4.31 Å². The third-order valence-electron chi connectivity index (χ3n) is 4.99. The first-order valence-electron chi connectivity index (χ1n) is 8.77. The fourth-order valence-electron chi connectivity index (χ4n) is 3.43. The highest BCUT2D eigenvalue weighted by molar-refractivity contribution is 7.89. The lowest BCUT2D eigenvalue weighted by molar-refractivity contribution is -0.140. The highest BCUT2D eigenvalue weighted by Gasteiger charge is 2.27. The SMILES string of the molecule is C=C(C)c1cn(C(C)C(=O)O)c2ccc(S(=O)(=O)N3CCCCC3)cc12. The van der Waals surface area contributed by atoms with Crippen LogP contribution in [0.3, 0.4) is 0 Å². The van der Waals surface area contributed by atoms with Crippen LogP contribution in [-0.4, -0.2) is 41.5 Å². The number of hydrogen-bond donors (Lipinski definition) is 1. The number of aromatic nitrogens is 1. The Hall–Kier alpha value is -2.12. The molecule has 1 N–H and O–H groups in total. The predicted octanol–water partition coefficient (Wildman–Crippen LogP) is 3.49. The molecular formula is C19H24N2O4S. The van der Waals surface area contributed by atoms with Crippen molar-refractivity contribution < 1.29 is 18.3 Å². The Labute approximate surface area is 153 Å². The van der Waals surface area contributed by atoms with Crippen LogP contribution in [0.4, 0.5) is 0 Å². The number of aliphatic carboxylic acids is 1. The van der Waals surface area contributed by atoms with E-state index in [-0.39, 0.29) is 4.90 Å². The summed E-state index contributed by atoms with van der Waals surface area (Å²) < 4.78 is 29.1. The zero-order chi connectivity index (χ0) is 19.1. The number of nitrogens with zero attached hydrogens (tertiary/aromatic N) is 2. The molecule has 1 aromatic heterocycles. The van der Waals surface area contributed by atoms with E-state index in [2.05, 4.69) is 6.58 Å². The smallest absolute Gasteiger partial charge is 0.326 e. The molecule has 0 aliphatic carbocycles. The van der Waals surface area contributed by atoms with Gasteiger partial charge in [-0.1, -0.05) is 13.0 Å². The Balaban J connectivity index is 2.15. The van der Waals surface area contributed by atoms with Crippen molar-refractivity contribution in [3.8, 4) is 0 Å². The third kappa shape index (κ3) is 3.17. The molecule has 1 saturated heterocycles. The average Bonchev–Trinajstić information content (AvgIpc) is 3.00. The van der Waals surface area contributed by atoms with Gasteiger partial charge < -0.3 is 9.67 Å². The largest absolute Gasteiger partial charge is 0.480 e. The lowest BCUT2D eigenvalue weighted by Crippen LogP contribution is -2.35.